The topological polar surface area (TPSA) is 34.1 Å². The first-order chi connectivity index (χ1) is 9.28. The molecule has 0 saturated carbocycles. The molecule has 98 valence electrons. The third-order valence-corrected chi connectivity index (χ3v) is 5.02. The van der Waals surface area contributed by atoms with Crippen molar-refractivity contribution in [1.29, 1.82) is 0 Å². The number of nitrogens with zero attached hydrogens (tertiary/aromatic N) is 1. The van der Waals surface area contributed by atoms with Gasteiger partial charge in [0.25, 0.3) is 0 Å². The van der Waals surface area contributed by atoms with E-state index in [-0.39, 0.29) is 5.60 Å². The minimum Gasteiger partial charge on any atom is -0.480 e. The van der Waals surface area contributed by atoms with Gasteiger partial charge in [-0.1, -0.05) is 12.1 Å². The number of hydrogen-bond donors (Lipinski definition) is 1. The van der Waals surface area contributed by atoms with Crippen LogP contribution in [-0.2, 0) is 5.60 Å². The summed E-state index contributed by atoms with van der Waals surface area (Å²) in [6.07, 6.45) is 2.00. The molecule has 0 radical (unpaired) electrons. The van der Waals surface area contributed by atoms with Gasteiger partial charge in [0.15, 0.2) is 5.60 Å². The van der Waals surface area contributed by atoms with E-state index in [0.29, 0.717) is 0 Å². The number of rotatable bonds is 0. The fourth-order valence-corrected chi connectivity index (χ4v) is 4.13. The summed E-state index contributed by atoms with van der Waals surface area (Å²) in [5, 5.41) is 4.54. The van der Waals surface area contributed by atoms with E-state index in [4.69, 9.17) is 9.72 Å². The minimum atomic E-state index is -0.209. The number of thiazole rings is 1. The molecule has 2 aliphatic rings. The second kappa shape index (κ2) is 4.05. The van der Waals surface area contributed by atoms with Gasteiger partial charge in [-0.05, 0) is 32.1 Å². The van der Waals surface area contributed by atoms with E-state index in [1.165, 1.54) is 10.4 Å². The highest BCUT2D eigenvalue weighted by Crippen LogP contribution is 2.50. The van der Waals surface area contributed by atoms with Crippen LogP contribution in [-0.4, -0.2) is 18.1 Å². The number of piperidine rings is 1. The summed E-state index contributed by atoms with van der Waals surface area (Å²) < 4.78 is 6.40. The Hall–Kier alpha value is -1.39. The van der Waals surface area contributed by atoms with Crippen molar-refractivity contribution in [2.45, 2.75) is 25.4 Å². The Balaban J connectivity index is 1.94. The lowest BCUT2D eigenvalue weighted by molar-refractivity contribution is 0.0272. The molecule has 2 aromatic rings. The number of benzene rings is 1. The Morgan fingerprint density at radius 1 is 1.26 bits per heavy atom. The molecular formula is C15H16N2OS. The van der Waals surface area contributed by atoms with Crippen LogP contribution in [0.15, 0.2) is 24.3 Å². The molecule has 0 unspecified atom stereocenters. The van der Waals surface area contributed by atoms with Crippen molar-refractivity contribution in [3.05, 3.63) is 35.0 Å². The molecule has 1 aromatic carbocycles. The van der Waals surface area contributed by atoms with Crippen molar-refractivity contribution in [1.82, 2.24) is 10.3 Å². The van der Waals surface area contributed by atoms with Crippen LogP contribution in [0, 0.1) is 6.92 Å². The lowest BCUT2D eigenvalue weighted by Crippen LogP contribution is -2.45. The molecule has 2 aliphatic heterocycles. The lowest BCUT2D eigenvalue weighted by Gasteiger charge is -2.40. The quantitative estimate of drug-likeness (QED) is 0.800. The summed E-state index contributed by atoms with van der Waals surface area (Å²) >= 11 is 1.79. The number of nitrogens with one attached hydrogen (secondary N) is 1. The highest BCUT2D eigenvalue weighted by molar-refractivity contribution is 7.15. The molecule has 19 heavy (non-hydrogen) atoms. The van der Waals surface area contributed by atoms with Crippen molar-refractivity contribution in [2.24, 2.45) is 0 Å². The Morgan fingerprint density at radius 2 is 2.05 bits per heavy atom. The molecule has 1 fully saturated rings. The number of ether oxygens (including phenoxy) is 1. The lowest BCUT2D eigenvalue weighted by atomic mass is 9.85. The molecule has 3 heterocycles. The molecule has 0 bridgehead atoms. The fraction of sp³-hybridized carbons (Fsp3) is 0.400. The smallest absolute Gasteiger partial charge is 0.155 e. The molecule has 0 amide bonds. The molecule has 4 heteroatoms. The Labute approximate surface area is 116 Å². The fourth-order valence-electron chi connectivity index (χ4n) is 3.09. The van der Waals surface area contributed by atoms with Gasteiger partial charge < -0.3 is 10.1 Å². The van der Waals surface area contributed by atoms with Crippen molar-refractivity contribution in [2.75, 3.05) is 13.1 Å². The molecule has 1 spiro atoms. The summed E-state index contributed by atoms with van der Waals surface area (Å²) in [6, 6.07) is 8.34. The SMILES string of the molecule is Cc1nc2c(s1)-c1ccccc1OC21CCNCC1. The van der Waals surface area contributed by atoms with Gasteiger partial charge in [-0.25, -0.2) is 4.98 Å². The van der Waals surface area contributed by atoms with Gasteiger partial charge in [0.05, 0.1) is 9.88 Å². The van der Waals surface area contributed by atoms with Gasteiger partial charge in [0.1, 0.15) is 11.4 Å². The first kappa shape index (κ1) is 11.4. The molecule has 4 rings (SSSR count). The van der Waals surface area contributed by atoms with Crippen molar-refractivity contribution in [3.63, 3.8) is 0 Å². The Kier molecular flexibility index (Phi) is 2.44. The maximum atomic E-state index is 6.40. The first-order valence-electron chi connectivity index (χ1n) is 6.76. The monoisotopic (exact) mass is 272 g/mol. The third kappa shape index (κ3) is 1.63. The van der Waals surface area contributed by atoms with Crippen LogP contribution in [0.5, 0.6) is 5.75 Å². The van der Waals surface area contributed by atoms with Crippen LogP contribution in [0.4, 0.5) is 0 Å². The maximum Gasteiger partial charge on any atom is 0.155 e. The Morgan fingerprint density at radius 3 is 2.89 bits per heavy atom. The Bertz CT molecular complexity index is 629. The molecule has 0 aliphatic carbocycles. The summed E-state index contributed by atoms with van der Waals surface area (Å²) in [7, 11) is 0. The standard InChI is InChI=1S/C15H16N2OS/c1-10-17-14-13(19-10)11-4-2-3-5-12(11)18-15(14)6-8-16-9-7-15/h2-5,16H,6-9H2,1H3. The van der Waals surface area contributed by atoms with Crippen LogP contribution < -0.4 is 10.1 Å². The minimum absolute atomic E-state index is 0.209. The molecular weight excluding hydrogens is 256 g/mol. The van der Waals surface area contributed by atoms with E-state index >= 15 is 0 Å². The van der Waals surface area contributed by atoms with E-state index in [9.17, 15) is 0 Å². The van der Waals surface area contributed by atoms with Crippen LogP contribution in [0.3, 0.4) is 0 Å². The number of aryl methyl sites for hydroxylation is 1. The van der Waals surface area contributed by atoms with Crippen molar-refractivity contribution < 1.29 is 4.74 Å². The highest BCUT2D eigenvalue weighted by atomic mass is 32.1. The maximum absolute atomic E-state index is 6.40. The summed E-state index contributed by atoms with van der Waals surface area (Å²) in [6.45, 7) is 4.08. The largest absolute Gasteiger partial charge is 0.480 e. The number of hydrogen-bond acceptors (Lipinski definition) is 4. The van der Waals surface area contributed by atoms with Crippen LogP contribution >= 0.6 is 11.3 Å². The first-order valence-corrected chi connectivity index (χ1v) is 7.57. The van der Waals surface area contributed by atoms with Crippen LogP contribution in [0.1, 0.15) is 23.5 Å². The summed E-state index contributed by atoms with van der Waals surface area (Å²) in [4.78, 5) is 6.10. The van der Waals surface area contributed by atoms with E-state index in [1.807, 2.05) is 6.07 Å². The molecule has 1 saturated heterocycles. The number of fused-ring (bicyclic) bond motifs is 4. The van der Waals surface area contributed by atoms with E-state index in [1.54, 1.807) is 11.3 Å². The highest BCUT2D eigenvalue weighted by Gasteiger charge is 2.44. The van der Waals surface area contributed by atoms with Gasteiger partial charge in [-0.2, -0.15) is 0 Å². The van der Waals surface area contributed by atoms with Gasteiger partial charge in [-0.3, -0.25) is 0 Å². The van der Waals surface area contributed by atoms with Crippen LogP contribution in [0.25, 0.3) is 10.4 Å². The predicted molar refractivity (Wildman–Crippen MR) is 76.7 cm³/mol. The molecule has 3 nitrogen and oxygen atoms in total. The van der Waals surface area contributed by atoms with Gasteiger partial charge in [0.2, 0.25) is 0 Å². The molecule has 1 aromatic heterocycles. The zero-order chi connectivity index (χ0) is 12.9. The van der Waals surface area contributed by atoms with Gasteiger partial charge in [0, 0.05) is 18.4 Å². The average molecular weight is 272 g/mol. The van der Waals surface area contributed by atoms with Gasteiger partial charge >= 0.3 is 0 Å². The van der Waals surface area contributed by atoms with Crippen molar-refractivity contribution in [3.8, 4) is 16.2 Å². The van der Waals surface area contributed by atoms with Crippen LogP contribution in [0.2, 0.25) is 0 Å². The molecule has 0 atom stereocenters. The van der Waals surface area contributed by atoms with E-state index in [2.05, 4.69) is 30.4 Å². The van der Waals surface area contributed by atoms with E-state index in [0.717, 1.165) is 42.4 Å². The zero-order valence-electron chi connectivity index (χ0n) is 10.9. The third-order valence-electron chi connectivity index (χ3n) is 4.01. The molecule has 1 N–H and O–H groups in total. The normalized spacial score (nSPS) is 19.6. The zero-order valence-corrected chi connectivity index (χ0v) is 11.7. The number of aromatic nitrogens is 1. The summed E-state index contributed by atoms with van der Waals surface area (Å²) in [5.74, 6) is 1.01. The van der Waals surface area contributed by atoms with E-state index < -0.39 is 0 Å². The second-order valence-electron chi connectivity index (χ2n) is 5.25. The van der Waals surface area contributed by atoms with Gasteiger partial charge in [-0.15, -0.1) is 11.3 Å². The predicted octanol–water partition coefficient (Wildman–Crippen LogP) is 3.09. The average Bonchev–Trinajstić information content (AvgIpc) is 2.83. The van der Waals surface area contributed by atoms with Crippen molar-refractivity contribution >= 4 is 11.3 Å². The second-order valence-corrected chi connectivity index (χ2v) is 6.46. The summed E-state index contributed by atoms with van der Waals surface area (Å²) in [5.41, 5.74) is 2.15. The number of para-hydroxylation sites is 1.